The Morgan fingerprint density at radius 2 is 2.00 bits per heavy atom. The van der Waals surface area contributed by atoms with Crippen LogP contribution in [0.2, 0.25) is 0 Å². The maximum absolute atomic E-state index is 15.0. The standard InChI is InChI=1S/C22H21FN4O5S/c1-5-31-15-10-16(18(23)17(28)11-15)19(21(33-4)26-22(29)30-3)25-14-8-6-13(7-9-14)20-24-12(2)32-27-20/h6-11,28H,5H2,1-4H3. The van der Waals surface area contributed by atoms with Gasteiger partial charge >= 0.3 is 6.09 Å². The number of benzene rings is 2. The van der Waals surface area contributed by atoms with Crippen molar-refractivity contribution in [3.63, 3.8) is 0 Å². The highest BCUT2D eigenvalue weighted by molar-refractivity contribution is 8.15. The largest absolute Gasteiger partial charge is 0.505 e. The second-order valence-corrected chi connectivity index (χ2v) is 7.27. The molecule has 1 aromatic heterocycles. The number of thioether (sulfide) groups is 1. The number of aryl methyl sites for hydroxylation is 1. The van der Waals surface area contributed by atoms with Gasteiger partial charge in [0.1, 0.15) is 16.5 Å². The lowest BCUT2D eigenvalue weighted by molar-refractivity contribution is 0.183. The Hall–Kier alpha value is -3.73. The van der Waals surface area contributed by atoms with Crippen LogP contribution in [-0.2, 0) is 4.74 Å². The van der Waals surface area contributed by atoms with Crippen molar-refractivity contribution in [3.05, 3.63) is 53.7 Å². The van der Waals surface area contributed by atoms with Gasteiger partial charge in [-0.15, -0.1) is 11.8 Å². The van der Waals surface area contributed by atoms with E-state index in [-0.39, 0.29) is 22.1 Å². The lowest BCUT2D eigenvalue weighted by Gasteiger charge is -2.13. The fourth-order valence-electron chi connectivity index (χ4n) is 2.78. The van der Waals surface area contributed by atoms with Gasteiger partial charge in [0.05, 0.1) is 19.4 Å². The van der Waals surface area contributed by atoms with Crippen molar-refractivity contribution in [1.82, 2.24) is 10.1 Å². The molecule has 11 heteroatoms. The Kier molecular flexibility index (Phi) is 7.78. The van der Waals surface area contributed by atoms with Crippen LogP contribution in [0, 0.1) is 12.7 Å². The highest BCUT2D eigenvalue weighted by Crippen LogP contribution is 2.30. The second kappa shape index (κ2) is 10.7. The van der Waals surface area contributed by atoms with Gasteiger partial charge in [-0.3, -0.25) is 0 Å². The number of nitrogens with zero attached hydrogens (tertiary/aromatic N) is 4. The minimum Gasteiger partial charge on any atom is -0.505 e. The van der Waals surface area contributed by atoms with Gasteiger partial charge in [0, 0.05) is 24.1 Å². The van der Waals surface area contributed by atoms with E-state index in [0.717, 1.165) is 17.8 Å². The number of phenolic OH excluding ortho intramolecular Hbond substituents is 1. The van der Waals surface area contributed by atoms with E-state index < -0.39 is 17.7 Å². The third-order valence-electron chi connectivity index (χ3n) is 4.25. The predicted octanol–water partition coefficient (Wildman–Crippen LogP) is 4.94. The first-order chi connectivity index (χ1) is 15.9. The summed E-state index contributed by atoms with van der Waals surface area (Å²) in [5, 5.41) is 14.1. The second-order valence-electron chi connectivity index (χ2n) is 6.47. The lowest BCUT2D eigenvalue weighted by Crippen LogP contribution is -2.16. The fourth-order valence-corrected chi connectivity index (χ4v) is 3.30. The minimum atomic E-state index is -0.928. The topological polar surface area (TPSA) is 119 Å². The van der Waals surface area contributed by atoms with Crippen LogP contribution in [0.5, 0.6) is 11.5 Å². The number of aliphatic imine (C=N–C) groups is 2. The van der Waals surface area contributed by atoms with Crippen LogP contribution >= 0.6 is 11.8 Å². The van der Waals surface area contributed by atoms with Gasteiger partial charge in [-0.1, -0.05) is 5.16 Å². The van der Waals surface area contributed by atoms with Crippen LogP contribution < -0.4 is 4.74 Å². The third-order valence-corrected chi connectivity index (χ3v) is 4.92. The molecule has 0 saturated heterocycles. The van der Waals surface area contributed by atoms with Crippen LogP contribution in [0.15, 0.2) is 50.9 Å². The molecule has 33 heavy (non-hydrogen) atoms. The summed E-state index contributed by atoms with van der Waals surface area (Å²) in [4.78, 5) is 24.4. The average Bonchev–Trinajstić information content (AvgIpc) is 3.25. The van der Waals surface area contributed by atoms with Gasteiger partial charge < -0.3 is 19.1 Å². The molecule has 172 valence electrons. The molecule has 0 aliphatic rings. The smallest absolute Gasteiger partial charge is 0.434 e. The van der Waals surface area contributed by atoms with E-state index in [4.69, 9.17) is 9.26 Å². The molecule has 9 nitrogen and oxygen atoms in total. The van der Waals surface area contributed by atoms with Crippen LogP contribution in [0.4, 0.5) is 14.9 Å². The Labute approximate surface area is 193 Å². The normalized spacial score (nSPS) is 12.0. The van der Waals surface area contributed by atoms with Crippen molar-refractivity contribution in [2.24, 2.45) is 9.98 Å². The minimum absolute atomic E-state index is 0.0189. The zero-order valence-corrected chi connectivity index (χ0v) is 19.1. The summed E-state index contributed by atoms with van der Waals surface area (Å²) in [6, 6.07) is 9.33. The van der Waals surface area contributed by atoms with Crippen molar-refractivity contribution < 1.29 is 28.3 Å². The average molecular weight is 472 g/mol. The molecule has 0 atom stereocenters. The summed E-state index contributed by atoms with van der Waals surface area (Å²) in [5.74, 6) is -0.462. The molecule has 1 heterocycles. The van der Waals surface area contributed by atoms with Crippen LogP contribution in [0.3, 0.4) is 0 Å². The van der Waals surface area contributed by atoms with Crippen molar-refractivity contribution in [2.75, 3.05) is 20.0 Å². The Balaban J connectivity index is 2.14. The molecule has 0 fully saturated rings. The molecule has 1 N–H and O–H groups in total. The van der Waals surface area contributed by atoms with Gasteiger partial charge in [0.25, 0.3) is 0 Å². The van der Waals surface area contributed by atoms with E-state index in [1.54, 1.807) is 44.4 Å². The molecule has 0 aliphatic heterocycles. The summed E-state index contributed by atoms with van der Waals surface area (Å²) < 4.78 is 30.0. The molecule has 0 unspecified atom stereocenters. The van der Waals surface area contributed by atoms with E-state index in [2.05, 4.69) is 24.9 Å². The number of hydrogen-bond donors (Lipinski definition) is 1. The number of carbonyl (C=O) groups is 1. The third kappa shape index (κ3) is 5.75. The number of hydrogen-bond acceptors (Lipinski definition) is 9. The predicted molar refractivity (Wildman–Crippen MR) is 123 cm³/mol. The van der Waals surface area contributed by atoms with Crippen molar-refractivity contribution >= 4 is 34.3 Å². The molecule has 0 radical (unpaired) electrons. The van der Waals surface area contributed by atoms with Gasteiger partial charge in [-0.2, -0.15) is 9.98 Å². The van der Waals surface area contributed by atoms with Crippen molar-refractivity contribution in [2.45, 2.75) is 13.8 Å². The number of rotatable bonds is 6. The Morgan fingerprint density at radius 1 is 1.27 bits per heavy atom. The number of halogens is 1. The summed E-state index contributed by atoms with van der Waals surface area (Å²) in [7, 11) is 1.18. The molecular formula is C22H21FN4O5S. The number of methoxy groups -OCH3 is 1. The first-order valence-corrected chi connectivity index (χ1v) is 10.9. The highest BCUT2D eigenvalue weighted by Gasteiger charge is 2.21. The van der Waals surface area contributed by atoms with Gasteiger partial charge in [-0.25, -0.2) is 14.2 Å². The van der Waals surface area contributed by atoms with E-state index >= 15 is 0 Å². The fraction of sp³-hybridized carbons (Fsp3) is 0.227. The van der Waals surface area contributed by atoms with E-state index in [9.17, 15) is 14.3 Å². The molecule has 2 aromatic carbocycles. The SMILES string of the molecule is CCOc1cc(O)c(F)c(C(=Nc2ccc(-c3noc(C)n3)cc2)C(=NC(=O)OC)SC)c1. The van der Waals surface area contributed by atoms with Crippen molar-refractivity contribution in [1.29, 1.82) is 0 Å². The number of carbonyl (C=O) groups excluding carboxylic acids is 1. The molecule has 0 aliphatic carbocycles. The molecule has 0 saturated carbocycles. The first-order valence-electron chi connectivity index (χ1n) is 9.72. The summed E-state index contributed by atoms with van der Waals surface area (Å²) in [5.41, 5.74) is 1.06. The van der Waals surface area contributed by atoms with E-state index in [1.165, 1.54) is 13.2 Å². The number of amides is 1. The van der Waals surface area contributed by atoms with Crippen molar-refractivity contribution in [3.8, 4) is 22.9 Å². The zero-order chi connectivity index (χ0) is 24.0. The number of ether oxygens (including phenoxy) is 2. The highest BCUT2D eigenvalue weighted by atomic mass is 32.2. The van der Waals surface area contributed by atoms with Crippen LogP contribution in [0.1, 0.15) is 18.4 Å². The quantitative estimate of drug-likeness (QED) is 0.396. The zero-order valence-electron chi connectivity index (χ0n) is 18.3. The van der Waals surface area contributed by atoms with Gasteiger partial charge in [-0.05, 0) is 43.5 Å². The Morgan fingerprint density at radius 3 is 2.58 bits per heavy atom. The monoisotopic (exact) mass is 472 g/mol. The number of aromatic nitrogens is 2. The molecule has 3 aromatic rings. The van der Waals surface area contributed by atoms with Crippen LogP contribution in [-0.4, -0.2) is 52.1 Å². The maximum atomic E-state index is 15.0. The molecule has 3 rings (SSSR count). The van der Waals surface area contributed by atoms with E-state index in [1.807, 2.05) is 0 Å². The Bertz CT molecular complexity index is 1210. The molecule has 0 bridgehead atoms. The van der Waals surface area contributed by atoms with Gasteiger partial charge in [0.15, 0.2) is 11.6 Å². The molecular weight excluding hydrogens is 451 g/mol. The van der Waals surface area contributed by atoms with E-state index in [0.29, 0.717) is 29.6 Å². The summed E-state index contributed by atoms with van der Waals surface area (Å²) in [6.07, 6.45) is 0.781. The summed E-state index contributed by atoms with van der Waals surface area (Å²) >= 11 is 1.07. The number of aromatic hydroxyl groups is 1. The first kappa shape index (κ1) is 23.9. The number of phenols is 1. The van der Waals surface area contributed by atoms with Crippen LogP contribution in [0.25, 0.3) is 11.4 Å². The molecule has 0 spiro atoms. The van der Waals surface area contributed by atoms with Gasteiger partial charge in [0.2, 0.25) is 11.7 Å². The lowest BCUT2D eigenvalue weighted by atomic mass is 10.1. The summed E-state index contributed by atoms with van der Waals surface area (Å²) in [6.45, 7) is 3.75. The molecule has 1 amide bonds. The maximum Gasteiger partial charge on any atom is 0.434 e.